The van der Waals surface area contributed by atoms with Gasteiger partial charge in [-0.25, -0.2) is 8.78 Å². The van der Waals surface area contributed by atoms with Crippen molar-refractivity contribution in [2.24, 2.45) is 10.8 Å². The monoisotopic (exact) mass is 224 g/mol. The van der Waals surface area contributed by atoms with E-state index in [2.05, 4.69) is 10.5 Å². The second kappa shape index (κ2) is 4.84. The van der Waals surface area contributed by atoms with Gasteiger partial charge in [0.2, 0.25) is 5.71 Å². The van der Waals surface area contributed by atoms with Crippen molar-refractivity contribution in [2.75, 3.05) is 5.43 Å². The zero-order valence-electron chi connectivity index (χ0n) is 7.87. The van der Waals surface area contributed by atoms with E-state index in [1.807, 2.05) is 0 Å². The first-order valence-electron chi connectivity index (χ1n) is 4.03. The Hall–Kier alpha value is -2.49. The van der Waals surface area contributed by atoms with Gasteiger partial charge in [-0.05, 0) is 12.1 Å². The van der Waals surface area contributed by atoms with Gasteiger partial charge in [-0.15, -0.1) is 0 Å². The van der Waals surface area contributed by atoms with Crippen molar-refractivity contribution in [3.63, 3.8) is 0 Å². The van der Waals surface area contributed by atoms with Crippen LogP contribution in [0.25, 0.3) is 0 Å². The maximum absolute atomic E-state index is 12.7. The molecule has 0 aliphatic rings. The van der Waals surface area contributed by atoms with Crippen LogP contribution in [0.1, 0.15) is 0 Å². The first-order chi connectivity index (χ1) is 7.54. The van der Waals surface area contributed by atoms with Crippen LogP contribution in [-0.2, 0) is 4.79 Å². The normalized spacial score (nSPS) is 10.7. The van der Waals surface area contributed by atoms with Gasteiger partial charge in [-0.3, -0.25) is 10.2 Å². The Morgan fingerprint density at radius 2 is 2.12 bits per heavy atom. The summed E-state index contributed by atoms with van der Waals surface area (Å²) in [5.74, 6) is -3.10. The molecule has 0 aliphatic carbocycles. The zero-order chi connectivity index (χ0) is 12.1. The lowest BCUT2D eigenvalue weighted by Gasteiger charge is -2.00. The molecule has 1 aromatic rings. The van der Waals surface area contributed by atoms with Crippen LogP contribution in [0.5, 0.6) is 0 Å². The lowest BCUT2D eigenvalue weighted by atomic mass is 10.3. The number of amides is 1. The van der Waals surface area contributed by atoms with Crippen LogP contribution in [0.4, 0.5) is 14.5 Å². The van der Waals surface area contributed by atoms with E-state index < -0.39 is 23.3 Å². The Morgan fingerprint density at radius 3 is 2.62 bits per heavy atom. The van der Waals surface area contributed by atoms with Crippen molar-refractivity contribution in [1.29, 1.82) is 5.26 Å². The fraction of sp³-hybridized carbons (Fsp3) is 0. The molecule has 7 heteroatoms. The van der Waals surface area contributed by atoms with Gasteiger partial charge in [0.05, 0.1) is 5.69 Å². The number of primary amides is 1. The second-order valence-electron chi connectivity index (χ2n) is 2.68. The molecule has 0 radical (unpaired) electrons. The molecule has 0 aliphatic heterocycles. The van der Waals surface area contributed by atoms with Crippen molar-refractivity contribution < 1.29 is 13.6 Å². The Kier molecular flexibility index (Phi) is 3.50. The predicted octanol–water partition coefficient (Wildman–Crippen LogP) is 0.742. The largest absolute Gasteiger partial charge is 0.364 e. The number of nitrogens with zero attached hydrogens (tertiary/aromatic N) is 2. The first-order valence-corrected chi connectivity index (χ1v) is 4.03. The van der Waals surface area contributed by atoms with Gasteiger partial charge in [0.25, 0.3) is 5.91 Å². The van der Waals surface area contributed by atoms with Crippen LogP contribution in [0.15, 0.2) is 23.3 Å². The summed E-state index contributed by atoms with van der Waals surface area (Å²) in [5, 5.41) is 11.7. The van der Waals surface area contributed by atoms with Crippen LogP contribution in [0.3, 0.4) is 0 Å². The van der Waals surface area contributed by atoms with E-state index in [9.17, 15) is 13.6 Å². The van der Waals surface area contributed by atoms with Crippen molar-refractivity contribution in [3.8, 4) is 6.07 Å². The Balaban J connectivity index is 2.86. The van der Waals surface area contributed by atoms with Gasteiger partial charge in [0, 0.05) is 6.07 Å². The number of carbonyl (C=O) groups excluding carboxylic acids is 1. The lowest BCUT2D eigenvalue weighted by molar-refractivity contribution is -0.111. The third kappa shape index (κ3) is 2.75. The zero-order valence-corrected chi connectivity index (χ0v) is 7.87. The highest BCUT2D eigenvalue weighted by atomic mass is 19.2. The van der Waals surface area contributed by atoms with Gasteiger partial charge >= 0.3 is 0 Å². The average molecular weight is 224 g/mol. The lowest BCUT2D eigenvalue weighted by Crippen LogP contribution is -2.22. The number of halogens is 2. The summed E-state index contributed by atoms with van der Waals surface area (Å²) in [4.78, 5) is 10.6. The molecule has 0 bridgehead atoms. The molecule has 1 rings (SSSR count). The van der Waals surface area contributed by atoms with Crippen molar-refractivity contribution in [2.45, 2.75) is 0 Å². The van der Waals surface area contributed by atoms with E-state index in [0.717, 1.165) is 12.1 Å². The minimum atomic E-state index is -1.07. The van der Waals surface area contributed by atoms with Crippen LogP contribution < -0.4 is 11.2 Å². The van der Waals surface area contributed by atoms with E-state index in [0.29, 0.717) is 0 Å². The number of nitriles is 1. The van der Waals surface area contributed by atoms with Crippen LogP contribution in [-0.4, -0.2) is 11.6 Å². The molecular weight excluding hydrogens is 218 g/mol. The number of nitrogens with two attached hydrogens (primary N) is 1. The molecule has 1 aromatic carbocycles. The van der Waals surface area contributed by atoms with E-state index in [-0.39, 0.29) is 5.69 Å². The molecule has 0 spiro atoms. The molecule has 82 valence electrons. The second-order valence-corrected chi connectivity index (χ2v) is 2.68. The number of hydrogen-bond acceptors (Lipinski definition) is 4. The molecule has 0 atom stereocenters. The predicted molar refractivity (Wildman–Crippen MR) is 52.2 cm³/mol. The number of anilines is 1. The number of benzene rings is 1. The summed E-state index contributed by atoms with van der Waals surface area (Å²) in [6.45, 7) is 0. The summed E-state index contributed by atoms with van der Waals surface area (Å²) < 4.78 is 25.3. The van der Waals surface area contributed by atoms with Gasteiger partial charge in [-0.2, -0.15) is 10.4 Å². The quantitative estimate of drug-likeness (QED) is 0.586. The third-order valence-corrected chi connectivity index (χ3v) is 1.56. The molecule has 0 unspecified atom stereocenters. The summed E-state index contributed by atoms with van der Waals surface area (Å²) >= 11 is 0. The molecular formula is C9H6F2N4O. The van der Waals surface area contributed by atoms with Crippen molar-refractivity contribution in [3.05, 3.63) is 29.8 Å². The number of rotatable bonds is 3. The van der Waals surface area contributed by atoms with Crippen LogP contribution in [0.2, 0.25) is 0 Å². The highest BCUT2D eigenvalue weighted by molar-refractivity contribution is 6.44. The van der Waals surface area contributed by atoms with E-state index in [1.165, 1.54) is 12.1 Å². The standard InChI is InChI=1S/C9H6F2N4O/c10-6-2-1-5(3-7(6)11)14-15-8(4-12)9(13)16/h1-3,14H,(H2,13,16)/b15-8-. The molecule has 3 N–H and O–H groups in total. The fourth-order valence-electron chi connectivity index (χ4n) is 0.821. The van der Waals surface area contributed by atoms with E-state index in [4.69, 9.17) is 11.0 Å². The SMILES string of the molecule is N#C/C(=N/Nc1ccc(F)c(F)c1)C(N)=O. The highest BCUT2D eigenvalue weighted by Crippen LogP contribution is 2.12. The number of carbonyl (C=O) groups is 1. The molecule has 0 fully saturated rings. The maximum atomic E-state index is 12.7. The Morgan fingerprint density at radius 1 is 1.44 bits per heavy atom. The molecule has 5 nitrogen and oxygen atoms in total. The summed E-state index contributed by atoms with van der Waals surface area (Å²) in [7, 11) is 0. The highest BCUT2D eigenvalue weighted by Gasteiger charge is 2.05. The third-order valence-electron chi connectivity index (χ3n) is 1.56. The fourth-order valence-corrected chi connectivity index (χ4v) is 0.821. The number of hydrazone groups is 1. The molecule has 0 heterocycles. The molecule has 0 saturated heterocycles. The van der Waals surface area contributed by atoms with Gasteiger partial charge in [0.15, 0.2) is 11.6 Å². The first kappa shape index (κ1) is 11.6. The molecule has 16 heavy (non-hydrogen) atoms. The smallest absolute Gasteiger partial charge is 0.280 e. The van der Waals surface area contributed by atoms with Gasteiger partial charge < -0.3 is 5.73 Å². The summed E-state index contributed by atoms with van der Waals surface area (Å²) in [5.41, 5.74) is 6.53. The number of hydrogen-bond donors (Lipinski definition) is 2. The minimum absolute atomic E-state index is 0.0906. The molecule has 1 amide bonds. The van der Waals surface area contributed by atoms with Gasteiger partial charge in [-0.1, -0.05) is 0 Å². The van der Waals surface area contributed by atoms with E-state index in [1.54, 1.807) is 0 Å². The van der Waals surface area contributed by atoms with Crippen LogP contribution in [0, 0.1) is 23.0 Å². The van der Waals surface area contributed by atoms with Crippen LogP contribution >= 0.6 is 0 Å². The van der Waals surface area contributed by atoms with Crippen molar-refractivity contribution in [1.82, 2.24) is 0 Å². The summed E-state index contributed by atoms with van der Waals surface area (Å²) in [6, 6.07) is 4.34. The number of nitrogens with one attached hydrogen (secondary N) is 1. The van der Waals surface area contributed by atoms with Gasteiger partial charge in [0.1, 0.15) is 6.07 Å². The summed E-state index contributed by atoms with van der Waals surface area (Å²) in [6.07, 6.45) is 0. The van der Waals surface area contributed by atoms with E-state index >= 15 is 0 Å². The Bertz CT molecular complexity index is 493. The van der Waals surface area contributed by atoms with Crippen molar-refractivity contribution >= 4 is 17.3 Å². The maximum Gasteiger partial charge on any atom is 0.280 e. The topological polar surface area (TPSA) is 91.3 Å². The minimum Gasteiger partial charge on any atom is -0.364 e. The molecule has 0 aromatic heterocycles. The average Bonchev–Trinajstić information content (AvgIpc) is 2.23. The Labute approximate surface area is 89.2 Å². The molecule has 0 saturated carbocycles.